The van der Waals surface area contributed by atoms with Gasteiger partial charge in [-0.2, -0.15) is 0 Å². The zero-order chi connectivity index (χ0) is 16.8. The normalized spacial score (nSPS) is 22.7. The molecule has 5 heterocycles. The Labute approximate surface area is 156 Å². The predicted molar refractivity (Wildman–Crippen MR) is 98.6 cm³/mol. The standard InChI is InChI=1S/C20H12N4.Co/c1-2-14-10-16-5-6-18(23-16)12-20-8-7-19(24-20)11-17-4-3-15(22-17)9-13(1)21-14;/h1-12H;/i1D;. The minimum atomic E-state index is 0. The molecule has 0 aromatic heterocycles. The van der Waals surface area contributed by atoms with Crippen molar-refractivity contribution in [3.05, 3.63) is 95.7 Å². The SMILES string of the molecule is [2H]C1=CC2=CC3=NC(=CC4=NC(=CC5=NC(=CC1=N2)C=C5)C=C4)C=C3.[Co]. The van der Waals surface area contributed by atoms with Crippen molar-refractivity contribution in [2.75, 3.05) is 0 Å². The molecule has 5 heteroatoms. The molecule has 0 N–H and O–H groups in total. The molecule has 5 rings (SSSR count). The molecule has 0 amide bonds. The monoisotopic (exact) mass is 368 g/mol. The van der Waals surface area contributed by atoms with Gasteiger partial charge >= 0.3 is 0 Å². The second-order valence-corrected chi connectivity index (χ2v) is 5.67. The molecule has 0 spiro atoms. The largest absolute Gasteiger partial charge is 0.249 e. The summed E-state index contributed by atoms with van der Waals surface area (Å²) in [7, 11) is 0. The van der Waals surface area contributed by atoms with Gasteiger partial charge in [0, 0.05) is 16.8 Å². The Kier molecular flexibility index (Phi) is 3.58. The molecule has 0 saturated heterocycles. The van der Waals surface area contributed by atoms with Crippen LogP contribution in [0.15, 0.2) is 116 Å². The fourth-order valence-corrected chi connectivity index (χ4v) is 2.76. The third-order valence-electron chi connectivity index (χ3n) is 3.84. The van der Waals surface area contributed by atoms with Gasteiger partial charge in [0.2, 0.25) is 0 Å². The maximum atomic E-state index is 8.11. The van der Waals surface area contributed by atoms with Crippen molar-refractivity contribution in [2.24, 2.45) is 20.0 Å². The van der Waals surface area contributed by atoms with Crippen LogP contribution in [-0.2, 0) is 16.8 Å². The zero-order valence-corrected chi connectivity index (χ0v) is 14.0. The van der Waals surface area contributed by atoms with Crippen LogP contribution in [0.4, 0.5) is 0 Å². The summed E-state index contributed by atoms with van der Waals surface area (Å²) in [6, 6.07) is 0.379. The fraction of sp³-hybridized carbons (Fsp3) is 0. The van der Waals surface area contributed by atoms with E-state index in [1.807, 2.05) is 60.8 Å². The summed E-state index contributed by atoms with van der Waals surface area (Å²) in [6.07, 6.45) is 21.0. The van der Waals surface area contributed by atoms with E-state index in [1.165, 1.54) is 0 Å². The van der Waals surface area contributed by atoms with Crippen molar-refractivity contribution in [1.29, 1.82) is 0 Å². The molecule has 0 unspecified atom stereocenters. The summed E-state index contributed by atoms with van der Waals surface area (Å²) in [5, 5.41) is 0. The summed E-state index contributed by atoms with van der Waals surface area (Å²) >= 11 is 0. The average Bonchev–Trinajstić information content (AvgIpc) is 3.33. The first kappa shape index (κ1) is 14.4. The summed E-state index contributed by atoms with van der Waals surface area (Å²) in [6.45, 7) is 0. The number of fused-ring (bicyclic) bond motifs is 4. The van der Waals surface area contributed by atoms with Crippen LogP contribution in [0, 0.1) is 0 Å². The minimum Gasteiger partial charge on any atom is -0.249 e. The second-order valence-electron chi connectivity index (χ2n) is 5.67. The van der Waals surface area contributed by atoms with E-state index in [9.17, 15) is 0 Å². The van der Waals surface area contributed by atoms with E-state index in [1.54, 1.807) is 6.08 Å². The molecule has 8 bridgehead atoms. The van der Waals surface area contributed by atoms with E-state index < -0.39 is 0 Å². The van der Waals surface area contributed by atoms with Crippen LogP contribution in [0.3, 0.4) is 0 Å². The first-order chi connectivity index (χ1) is 12.2. The zero-order valence-electron chi connectivity index (χ0n) is 14.0. The van der Waals surface area contributed by atoms with Gasteiger partial charge in [0.25, 0.3) is 0 Å². The molecule has 25 heavy (non-hydrogen) atoms. The Morgan fingerprint density at radius 3 is 1.32 bits per heavy atom. The van der Waals surface area contributed by atoms with Crippen molar-refractivity contribution in [2.45, 2.75) is 0 Å². The Balaban J connectivity index is 0.00000168. The maximum Gasteiger partial charge on any atom is 0.0659 e. The van der Waals surface area contributed by atoms with Crippen molar-refractivity contribution in [3.8, 4) is 0 Å². The van der Waals surface area contributed by atoms with Gasteiger partial charge in [0.1, 0.15) is 0 Å². The number of hydrogen-bond acceptors (Lipinski definition) is 4. The van der Waals surface area contributed by atoms with E-state index in [0.717, 1.165) is 39.9 Å². The fourth-order valence-electron chi connectivity index (χ4n) is 2.76. The third kappa shape index (κ3) is 3.20. The number of allylic oxidation sites excluding steroid dienone is 12. The molecule has 5 aliphatic heterocycles. The van der Waals surface area contributed by atoms with E-state index in [-0.39, 0.29) is 16.8 Å². The van der Waals surface area contributed by atoms with Gasteiger partial charge < -0.3 is 0 Å². The van der Waals surface area contributed by atoms with Crippen molar-refractivity contribution in [3.63, 3.8) is 0 Å². The molecule has 0 fully saturated rings. The molecule has 5 aliphatic rings. The molecule has 0 aromatic rings. The number of aliphatic imine (C=N–C) groups is 4. The molecule has 0 atom stereocenters. The number of hydrogen-bond donors (Lipinski definition) is 0. The summed E-state index contributed by atoms with van der Waals surface area (Å²) in [4.78, 5) is 18.2. The average molecular weight is 368 g/mol. The van der Waals surface area contributed by atoms with Crippen molar-refractivity contribution >= 4 is 22.8 Å². The molecular weight excluding hydrogens is 355 g/mol. The summed E-state index contributed by atoms with van der Waals surface area (Å²) in [5.41, 5.74) is 6.33. The number of nitrogens with zero attached hydrogens (tertiary/aromatic N) is 4. The van der Waals surface area contributed by atoms with E-state index in [2.05, 4.69) is 20.0 Å². The van der Waals surface area contributed by atoms with Crippen LogP contribution in [0.1, 0.15) is 1.37 Å². The topological polar surface area (TPSA) is 49.4 Å². The van der Waals surface area contributed by atoms with Crippen LogP contribution in [0.5, 0.6) is 0 Å². The van der Waals surface area contributed by atoms with Gasteiger partial charge in [-0.05, 0) is 72.9 Å². The van der Waals surface area contributed by atoms with Gasteiger partial charge in [0.15, 0.2) is 0 Å². The quantitative estimate of drug-likeness (QED) is 0.628. The Morgan fingerprint density at radius 1 is 0.480 bits per heavy atom. The van der Waals surface area contributed by atoms with Gasteiger partial charge in [0.05, 0.1) is 47.0 Å². The van der Waals surface area contributed by atoms with Crippen LogP contribution in [0.25, 0.3) is 0 Å². The van der Waals surface area contributed by atoms with Crippen LogP contribution in [-0.4, -0.2) is 22.8 Å². The van der Waals surface area contributed by atoms with Crippen LogP contribution < -0.4 is 0 Å². The summed E-state index contributed by atoms with van der Waals surface area (Å²) in [5.74, 6) is 0. The Hall–Kier alpha value is -2.89. The summed E-state index contributed by atoms with van der Waals surface area (Å²) < 4.78 is 8.11. The van der Waals surface area contributed by atoms with E-state index >= 15 is 0 Å². The molecule has 4 nitrogen and oxygen atoms in total. The van der Waals surface area contributed by atoms with E-state index in [4.69, 9.17) is 1.37 Å². The van der Waals surface area contributed by atoms with Gasteiger partial charge in [-0.25, -0.2) is 20.0 Å². The van der Waals surface area contributed by atoms with Crippen LogP contribution >= 0.6 is 0 Å². The first-order valence-corrected chi connectivity index (χ1v) is 7.66. The molecule has 1 radical (unpaired) electrons. The van der Waals surface area contributed by atoms with Gasteiger partial charge in [-0.15, -0.1) is 0 Å². The van der Waals surface area contributed by atoms with Crippen molar-refractivity contribution in [1.82, 2.24) is 0 Å². The smallest absolute Gasteiger partial charge is 0.0659 e. The van der Waals surface area contributed by atoms with Crippen molar-refractivity contribution < 1.29 is 18.1 Å². The van der Waals surface area contributed by atoms with E-state index in [0.29, 0.717) is 11.8 Å². The minimum absolute atomic E-state index is 0. The van der Waals surface area contributed by atoms with Crippen LogP contribution in [0.2, 0.25) is 0 Å². The molecule has 0 aromatic carbocycles. The Morgan fingerprint density at radius 2 is 0.840 bits per heavy atom. The molecule has 0 saturated carbocycles. The predicted octanol–water partition coefficient (Wildman–Crippen LogP) is 3.58. The van der Waals surface area contributed by atoms with Gasteiger partial charge in [-0.3, -0.25) is 0 Å². The first-order valence-electron chi connectivity index (χ1n) is 8.16. The molecule has 0 aliphatic carbocycles. The maximum absolute atomic E-state index is 8.11. The number of rotatable bonds is 0. The molecular formula is C20H12CoN4. The Bertz CT molecular complexity index is 1080. The third-order valence-corrected chi connectivity index (χ3v) is 3.84. The molecule has 121 valence electrons. The van der Waals surface area contributed by atoms with Gasteiger partial charge in [-0.1, -0.05) is 0 Å². The second kappa shape index (κ2) is 6.20.